The molecule has 0 aliphatic carbocycles. The number of halogens is 1. The van der Waals surface area contributed by atoms with E-state index in [1.165, 1.54) is 0 Å². The van der Waals surface area contributed by atoms with Crippen molar-refractivity contribution in [2.24, 2.45) is 0 Å². The second kappa shape index (κ2) is 15.7. The summed E-state index contributed by atoms with van der Waals surface area (Å²) in [5.74, 6) is 0. The zero-order valence-corrected chi connectivity index (χ0v) is 6.78. The van der Waals surface area contributed by atoms with Gasteiger partial charge in [0.15, 0.2) is 0 Å². The Morgan fingerprint density at radius 3 is 2.00 bits per heavy atom. The van der Waals surface area contributed by atoms with Crippen LogP contribution in [0.3, 0.4) is 0 Å². The molecule has 1 nitrogen and oxygen atoms in total. The van der Waals surface area contributed by atoms with Crippen molar-refractivity contribution in [2.45, 2.75) is 6.42 Å². The van der Waals surface area contributed by atoms with Crippen LogP contribution in [0.1, 0.15) is 6.42 Å². The summed E-state index contributed by atoms with van der Waals surface area (Å²) in [7, 11) is 1.67. The van der Waals surface area contributed by atoms with Gasteiger partial charge in [0, 0.05) is 13.7 Å². The molecule has 0 spiro atoms. The molecule has 0 saturated heterocycles. The van der Waals surface area contributed by atoms with Gasteiger partial charge in [-0.3, -0.25) is 0 Å². The molecule has 7 heavy (non-hydrogen) atoms. The Balaban J connectivity index is -0.0000000800. The molecule has 3 heteroatoms. The van der Waals surface area contributed by atoms with E-state index in [4.69, 9.17) is 0 Å². The molecule has 0 aromatic carbocycles. The van der Waals surface area contributed by atoms with E-state index in [-0.39, 0.29) is 35.5 Å². The first kappa shape index (κ1) is 15.7. The zero-order chi connectivity index (χ0) is 4.12. The molecule has 0 aromatic heterocycles. The minimum absolute atomic E-state index is 0. The van der Waals surface area contributed by atoms with Crippen LogP contribution in [0.2, 0.25) is 0 Å². The van der Waals surface area contributed by atoms with Gasteiger partial charge in [0.1, 0.15) is 0 Å². The maximum absolute atomic E-state index is 4.63. The van der Waals surface area contributed by atoms with Gasteiger partial charge in [0.25, 0.3) is 0 Å². The fourth-order valence-electron chi connectivity index (χ4n) is 0.144. The maximum atomic E-state index is 4.63. The fourth-order valence-corrected chi connectivity index (χ4v) is 0.144. The van der Waals surface area contributed by atoms with Crippen LogP contribution in [0.4, 0.5) is 0 Å². The number of hydrogen-bond acceptors (Lipinski definition) is 1. The quantitative estimate of drug-likeness (QED) is 0.298. The minimum Gasteiger partial charge on any atom is -1.00 e. The van der Waals surface area contributed by atoms with Crippen LogP contribution >= 0.6 is 0 Å². The molecule has 0 bridgehead atoms. The molecule has 0 unspecified atom stereocenters. The summed E-state index contributed by atoms with van der Waals surface area (Å²) in [6, 6.07) is 0. The maximum Gasteiger partial charge on any atom is 2.00 e. The SMILES string of the molecule is [CH2-]CCOC.[Cl-].[Mg+2]. The van der Waals surface area contributed by atoms with Gasteiger partial charge in [0.05, 0.1) is 0 Å². The monoisotopic (exact) mass is 132 g/mol. The number of ether oxygens (including phenoxy) is 1. The van der Waals surface area contributed by atoms with E-state index in [1.54, 1.807) is 7.11 Å². The second-order valence-corrected chi connectivity index (χ2v) is 0.846. The summed E-state index contributed by atoms with van der Waals surface area (Å²) in [5, 5.41) is 0. The first-order valence-corrected chi connectivity index (χ1v) is 1.70. The molecular weight excluding hydrogens is 124 g/mol. The van der Waals surface area contributed by atoms with Gasteiger partial charge < -0.3 is 24.1 Å². The number of methoxy groups -OCH3 is 1. The van der Waals surface area contributed by atoms with Gasteiger partial charge in [0.2, 0.25) is 0 Å². The molecule has 0 rings (SSSR count). The van der Waals surface area contributed by atoms with Crippen LogP contribution in [0.25, 0.3) is 0 Å². The summed E-state index contributed by atoms with van der Waals surface area (Å²) >= 11 is 0. The van der Waals surface area contributed by atoms with Crippen LogP contribution in [-0.2, 0) is 4.74 Å². The first-order chi connectivity index (χ1) is 2.41. The molecule has 0 radical (unpaired) electrons. The molecule has 0 amide bonds. The molecule has 0 aliphatic rings. The second-order valence-electron chi connectivity index (χ2n) is 0.846. The molecule has 0 heterocycles. The third-order valence-electron chi connectivity index (χ3n) is 0.348. The topological polar surface area (TPSA) is 9.23 Å². The van der Waals surface area contributed by atoms with Gasteiger partial charge >= 0.3 is 23.1 Å². The van der Waals surface area contributed by atoms with E-state index in [1.807, 2.05) is 0 Å². The third-order valence-corrected chi connectivity index (χ3v) is 0.348. The van der Waals surface area contributed by atoms with Crippen molar-refractivity contribution in [3.63, 3.8) is 0 Å². The summed E-state index contributed by atoms with van der Waals surface area (Å²) < 4.78 is 4.63. The standard InChI is InChI=1S/C4H9O.ClH.Mg/c1-3-4-5-2;;/h1,3-4H2,2H3;1H;/q-1;;+2/p-1. The first-order valence-electron chi connectivity index (χ1n) is 1.70. The molecule has 0 fully saturated rings. The van der Waals surface area contributed by atoms with Gasteiger partial charge in [-0.1, -0.05) is 0 Å². The van der Waals surface area contributed by atoms with Crippen molar-refractivity contribution in [3.05, 3.63) is 6.92 Å². The summed E-state index contributed by atoms with van der Waals surface area (Å²) in [6.07, 6.45) is 0.872. The Hall–Kier alpha value is 1.02. The van der Waals surface area contributed by atoms with Crippen LogP contribution in [-0.4, -0.2) is 36.8 Å². The van der Waals surface area contributed by atoms with E-state index in [9.17, 15) is 0 Å². The van der Waals surface area contributed by atoms with Gasteiger partial charge in [-0.05, 0) is 0 Å². The normalized spacial score (nSPS) is 6.00. The van der Waals surface area contributed by atoms with E-state index in [2.05, 4.69) is 11.7 Å². The van der Waals surface area contributed by atoms with Gasteiger partial charge in [-0.2, -0.15) is 6.42 Å². The Labute approximate surface area is 67.4 Å². The van der Waals surface area contributed by atoms with Gasteiger partial charge in [-0.25, -0.2) is 0 Å². The predicted octanol–water partition coefficient (Wildman–Crippen LogP) is -2.52. The number of rotatable bonds is 2. The predicted molar refractivity (Wildman–Crippen MR) is 27.6 cm³/mol. The van der Waals surface area contributed by atoms with Crippen LogP contribution in [0.5, 0.6) is 0 Å². The summed E-state index contributed by atoms with van der Waals surface area (Å²) in [5.41, 5.74) is 0. The Morgan fingerprint density at radius 1 is 1.57 bits per heavy atom. The Morgan fingerprint density at radius 2 is 2.00 bits per heavy atom. The van der Waals surface area contributed by atoms with Crippen molar-refractivity contribution < 1.29 is 17.1 Å². The van der Waals surface area contributed by atoms with Crippen LogP contribution in [0.15, 0.2) is 0 Å². The van der Waals surface area contributed by atoms with Crippen LogP contribution < -0.4 is 12.4 Å². The minimum atomic E-state index is 0. The molecular formula is C4H9ClMgO. The van der Waals surface area contributed by atoms with Crippen molar-refractivity contribution in [3.8, 4) is 0 Å². The van der Waals surface area contributed by atoms with Crippen molar-refractivity contribution in [2.75, 3.05) is 13.7 Å². The molecule has 0 atom stereocenters. The van der Waals surface area contributed by atoms with E-state index >= 15 is 0 Å². The van der Waals surface area contributed by atoms with E-state index in [0.29, 0.717) is 0 Å². The van der Waals surface area contributed by atoms with E-state index < -0.39 is 0 Å². The average molecular weight is 133 g/mol. The van der Waals surface area contributed by atoms with Gasteiger partial charge in [-0.15, -0.1) is 0 Å². The molecule has 0 aromatic rings. The summed E-state index contributed by atoms with van der Waals surface area (Å²) in [4.78, 5) is 0. The van der Waals surface area contributed by atoms with E-state index in [0.717, 1.165) is 13.0 Å². The molecule has 0 saturated carbocycles. The van der Waals surface area contributed by atoms with Crippen molar-refractivity contribution in [1.82, 2.24) is 0 Å². The Bertz CT molecular complexity index is 19.2. The number of hydrogen-bond donors (Lipinski definition) is 0. The average Bonchev–Trinajstić information content (AvgIpc) is 1.41. The summed E-state index contributed by atoms with van der Waals surface area (Å²) in [6.45, 7) is 4.33. The Kier molecular flexibility index (Phi) is 35.3. The van der Waals surface area contributed by atoms with Crippen molar-refractivity contribution in [1.29, 1.82) is 0 Å². The zero-order valence-electron chi connectivity index (χ0n) is 4.61. The molecule has 40 valence electrons. The third kappa shape index (κ3) is 19.4. The smallest absolute Gasteiger partial charge is 1.00 e. The fraction of sp³-hybridized carbons (Fsp3) is 0.750. The molecule has 0 aliphatic heterocycles. The van der Waals surface area contributed by atoms with Crippen molar-refractivity contribution >= 4 is 23.1 Å². The largest absolute Gasteiger partial charge is 2.00 e. The van der Waals surface area contributed by atoms with Crippen LogP contribution in [0, 0.1) is 6.92 Å². The molecule has 0 N–H and O–H groups in total.